The molecule has 2 N–H and O–H groups in total. The van der Waals surface area contributed by atoms with Crippen molar-refractivity contribution in [3.05, 3.63) is 18.2 Å². The Morgan fingerprint density at radius 3 is 3.14 bits per heavy atom. The fraction of sp³-hybridized carbons (Fsp3) is 0.733. The third kappa shape index (κ3) is 3.75. The lowest BCUT2D eigenvalue weighted by Crippen LogP contribution is -2.46. The summed E-state index contributed by atoms with van der Waals surface area (Å²) in [5.41, 5.74) is 0. The molecule has 6 heteroatoms. The second-order valence-electron chi connectivity index (χ2n) is 6.15. The standard InChI is InChI=1S/C15H24N4O2/c1-21-10-13(12-2-3-12)18-15(20)17-9-11-4-6-19-7-5-16-14(19)8-11/h5,7,11-13H,2-4,6,8-10H2,1H3,(H2,17,18,20)/t11-,13+/m1/s1. The lowest BCUT2D eigenvalue weighted by molar-refractivity contribution is 0.157. The van der Waals surface area contributed by atoms with Crippen LogP contribution in [-0.2, 0) is 17.7 Å². The zero-order chi connectivity index (χ0) is 14.7. The van der Waals surface area contributed by atoms with Gasteiger partial charge in [0.1, 0.15) is 5.82 Å². The van der Waals surface area contributed by atoms with Gasteiger partial charge in [-0.25, -0.2) is 9.78 Å². The highest BCUT2D eigenvalue weighted by Gasteiger charge is 2.32. The van der Waals surface area contributed by atoms with Crippen LogP contribution in [0.25, 0.3) is 0 Å². The van der Waals surface area contributed by atoms with E-state index in [2.05, 4.69) is 20.2 Å². The number of ether oxygens (including phenoxy) is 1. The molecule has 1 aromatic heterocycles. The van der Waals surface area contributed by atoms with Crippen LogP contribution in [-0.4, -0.2) is 41.9 Å². The molecule has 1 fully saturated rings. The molecule has 0 unspecified atom stereocenters. The number of hydrogen-bond donors (Lipinski definition) is 2. The van der Waals surface area contributed by atoms with Gasteiger partial charge in [-0.3, -0.25) is 0 Å². The van der Waals surface area contributed by atoms with Crippen LogP contribution in [0.4, 0.5) is 4.79 Å². The fourth-order valence-electron chi connectivity index (χ4n) is 3.02. The number of aryl methyl sites for hydroxylation is 1. The number of aromatic nitrogens is 2. The average Bonchev–Trinajstić information content (AvgIpc) is 3.22. The van der Waals surface area contributed by atoms with E-state index in [1.807, 2.05) is 12.4 Å². The molecule has 1 aliphatic carbocycles. The molecule has 1 aliphatic heterocycles. The number of urea groups is 1. The lowest BCUT2D eigenvalue weighted by Gasteiger charge is -2.24. The van der Waals surface area contributed by atoms with Crippen molar-refractivity contribution in [1.82, 2.24) is 20.2 Å². The molecule has 0 radical (unpaired) electrons. The summed E-state index contributed by atoms with van der Waals surface area (Å²) in [6, 6.07) is 0.0816. The van der Waals surface area contributed by atoms with Crippen molar-refractivity contribution in [3.8, 4) is 0 Å². The minimum atomic E-state index is -0.0714. The van der Waals surface area contributed by atoms with Crippen LogP contribution in [0.2, 0.25) is 0 Å². The predicted molar refractivity (Wildman–Crippen MR) is 79.0 cm³/mol. The van der Waals surface area contributed by atoms with E-state index in [9.17, 15) is 4.79 Å². The number of nitrogens with one attached hydrogen (secondary N) is 2. The Labute approximate surface area is 125 Å². The molecule has 3 rings (SSSR count). The molecule has 0 bridgehead atoms. The summed E-state index contributed by atoms with van der Waals surface area (Å²) in [4.78, 5) is 16.4. The topological polar surface area (TPSA) is 68.2 Å². The van der Waals surface area contributed by atoms with Gasteiger partial charge in [-0.15, -0.1) is 0 Å². The molecule has 2 aliphatic rings. The van der Waals surface area contributed by atoms with Gasteiger partial charge in [-0.1, -0.05) is 0 Å². The van der Waals surface area contributed by atoms with Gasteiger partial charge in [-0.2, -0.15) is 0 Å². The molecule has 21 heavy (non-hydrogen) atoms. The van der Waals surface area contributed by atoms with Gasteiger partial charge in [0.05, 0.1) is 12.6 Å². The Morgan fingerprint density at radius 1 is 1.52 bits per heavy atom. The van der Waals surface area contributed by atoms with Crippen LogP contribution >= 0.6 is 0 Å². The van der Waals surface area contributed by atoms with Gasteiger partial charge in [0.15, 0.2) is 0 Å². The molecular formula is C15H24N4O2. The SMILES string of the molecule is COC[C@H](NC(=O)NC[C@@H]1CCn2ccnc2C1)C1CC1. The first-order valence-corrected chi connectivity index (χ1v) is 7.79. The van der Waals surface area contributed by atoms with Crippen molar-refractivity contribution in [2.45, 2.75) is 38.3 Å². The minimum absolute atomic E-state index is 0.0714. The summed E-state index contributed by atoms with van der Waals surface area (Å²) in [6.07, 6.45) is 8.30. The van der Waals surface area contributed by atoms with Crippen molar-refractivity contribution in [1.29, 1.82) is 0 Å². The van der Waals surface area contributed by atoms with E-state index in [1.54, 1.807) is 7.11 Å². The molecule has 0 spiro atoms. The van der Waals surface area contributed by atoms with E-state index in [0.717, 1.165) is 25.2 Å². The normalized spacial score (nSPS) is 22.4. The summed E-state index contributed by atoms with van der Waals surface area (Å²) >= 11 is 0. The van der Waals surface area contributed by atoms with Gasteiger partial charge in [0, 0.05) is 39.0 Å². The van der Waals surface area contributed by atoms with Crippen molar-refractivity contribution in [2.75, 3.05) is 20.3 Å². The first-order chi connectivity index (χ1) is 10.3. The fourth-order valence-corrected chi connectivity index (χ4v) is 3.02. The molecule has 2 atom stereocenters. The Bertz CT molecular complexity index is 484. The number of imidazole rings is 1. The van der Waals surface area contributed by atoms with Crippen LogP contribution in [0.3, 0.4) is 0 Å². The Balaban J connectivity index is 1.41. The van der Waals surface area contributed by atoms with Crippen LogP contribution < -0.4 is 10.6 Å². The lowest BCUT2D eigenvalue weighted by atomic mass is 9.98. The molecule has 0 aromatic carbocycles. The minimum Gasteiger partial charge on any atom is -0.383 e. The maximum absolute atomic E-state index is 12.0. The van der Waals surface area contributed by atoms with E-state index < -0.39 is 0 Å². The second-order valence-corrected chi connectivity index (χ2v) is 6.15. The monoisotopic (exact) mass is 292 g/mol. The van der Waals surface area contributed by atoms with Crippen LogP contribution in [0.5, 0.6) is 0 Å². The van der Waals surface area contributed by atoms with Crippen molar-refractivity contribution < 1.29 is 9.53 Å². The number of carbonyl (C=O) groups is 1. The highest BCUT2D eigenvalue weighted by molar-refractivity contribution is 5.74. The summed E-state index contributed by atoms with van der Waals surface area (Å²) in [5, 5.41) is 6.04. The van der Waals surface area contributed by atoms with Crippen LogP contribution in [0, 0.1) is 11.8 Å². The summed E-state index contributed by atoms with van der Waals surface area (Å²) in [7, 11) is 1.68. The predicted octanol–water partition coefficient (Wildman–Crippen LogP) is 1.17. The number of methoxy groups -OCH3 is 1. The molecule has 0 saturated heterocycles. The number of nitrogens with zero attached hydrogens (tertiary/aromatic N) is 2. The number of hydrogen-bond acceptors (Lipinski definition) is 3. The van der Waals surface area contributed by atoms with E-state index in [0.29, 0.717) is 25.0 Å². The summed E-state index contributed by atoms with van der Waals surface area (Å²) in [6.45, 7) is 2.31. The molecule has 1 saturated carbocycles. The Hall–Kier alpha value is -1.56. The zero-order valence-electron chi connectivity index (χ0n) is 12.5. The largest absolute Gasteiger partial charge is 0.383 e. The number of amides is 2. The van der Waals surface area contributed by atoms with Gasteiger partial charge >= 0.3 is 6.03 Å². The maximum Gasteiger partial charge on any atom is 0.315 e. The second kappa shape index (κ2) is 6.47. The van der Waals surface area contributed by atoms with E-state index in [1.165, 1.54) is 12.8 Å². The van der Waals surface area contributed by atoms with Gasteiger partial charge in [0.25, 0.3) is 0 Å². The number of carbonyl (C=O) groups excluding carboxylic acids is 1. The zero-order valence-corrected chi connectivity index (χ0v) is 12.5. The van der Waals surface area contributed by atoms with Gasteiger partial charge in [-0.05, 0) is 31.1 Å². The first-order valence-electron chi connectivity index (χ1n) is 7.79. The molecular weight excluding hydrogens is 268 g/mol. The third-order valence-electron chi connectivity index (χ3n) is 4.46. The quantitative estimate of drug-likeness (QED) is 0.827. The number of fused-ring (bicyclic) bond motifs is 1. The van der Waals surface area contributed by atoms with E-state index in [4.69, 9.17) is 4.74 Å². The van der Waals surface area contributed by atoms with Crippen molar-refractivity contribution in [3.63, 3.8) is 0 Å². The first kappa shape index (κ1) is 14.4. The molecule has 6 nitrogen and oxygen atoms in total. The van der Waals surface area contributed by atoms with E-state index >= 15 is 0 Å². The Morgan fingerprint density at radius 2 is 2.38 bits per heavy atom. The maximum atomic E-state index is 12.0. The van der Waals surface area contributed by atoms with Crippen LogP contribution in [0.15, 0.2) is 12.4 Å². The van der Waals surface area contributed by atoms with Crippen molar-refractivity contribution >= 4 is 6.03 Å². The average molecular weight is 292 g/mol. The van der Waals surface area contributed by atoms with E-state index in [-0.39, 0.29) is 12.1 Å². The van der Waals surface area contributed by atoms with Gasteiger partial charge in [0.2, 0.25) is 0 Å². The third-order valence-corrected chi connectivity index (χ3v) is 4.46. The molecule has 2 heterocycles. The summed E-state index contributed by atoms with van der Waals surface area (Å²) < 4.78 is 7.37. The van der Waals surface area contributed by atoms with Gasteiger partial charge < -0.3 is 19.9 Å². The number of rotatable bonds is 6. The smallest absolute Gasteiger partial charge is 0.315 e. The Kier molecular flexibility index (Phi) is 4.43. The van der Waals surface area contributed by atoms with Crippen molar-refractivity contribution in [2.24, 2.45) is 11.8 Å². The highest BCUT2D eigenvalue weighted by atomic mass is 16.5. The van der Waals surface area contributed by atoms with Crippen LogP contribution in [0.1, 0.15) is 25.1 Å². The molecule has 2 amide bonds. The molecule has 1 aromatic rings. The highest BCUT2D eigenvalue weighted by Crippen LogP contribution is 2.32. The summed E-state index contributed by atoms with van der Waals surface area (Å²) in [5.74, 6) is 2.20. The molecule has 116 valence electrons.